The van der Waals surface area contributed by atoms with Gasteiger partial charge < -0.3 is 14.4 Å². The molecule has 0 saturated carbocycles. The molecule has 1 atom stereocenters. The van der Waals surface area contributed by atoms with E-state index in [1.807, 2.05) is 11.4 Å². The number of fused-ring (bicyclic) bond motifs is 1. The summed E-state index contributed by atoms with van der Waals surface area (Å²) >= 11 is 7.57. The highest BCUT2D eigenvalue weighted by Gasteiger charge is 2.29. The van der Waals surface area contributed by atoms with E-state index >= 15 is 0 Å². The van der Waals surface area contributed by atoms with Gasteiger partial charge in [0.25, 0.3) is 0 Å². The number of anilines is 1. The number of carbonyl (C=O) groups excluding carboxylic acids is 1. The van der Waals surface area contributed by atoms with E-state index in [0.29, 0.717) is 19.8 Å². The second kappa shape index (κ2) is 6.13. The minimum atomic E-state index is -0.266. The Bertz CT molecular complexity index is 663. The van der Waals surface area contributed by atoms with Crippen molar-refractivity contribution in [2.75, 3.05) is 31.8 Å². The molecule has 1 saturated heterocycles. The molecule has 0 N–H and O–H groups in total. The molecule has 0 aromatic carbocycles. The molecule has 0 amide bonds. The van der Waals surface area contributed by atoms with Crippen LogP contribution >= 0.6 is 22.9 Å². The smallest absolute Gasteiger partial charge is 0.307 e. The Morgan fingerprint density at radius 2 is 2.48 bits per heavy atom. The van der Waals surface area contributed by atoms with Crippen molar-refractivity contribution in [2.24, 2.45) is 0 Å². The van der Waals surface area contributed by atoms with E-state index in [1.165, 1.54) is 7.11 Å². The van der Waals surface area contributed by atoms with E-state index in [0.717, 1.165) is 16.0 Å². The summed E-state index contributed by atoms with van der Waals surface area (Å²) in [4.78, 5) is 22.2. The first kappa shape index (κ1) is 14.5. The third-order valence-corrected chi connectivity index (χ3v) is 4.46. The zero-order valence-electron chi connectivity index (χ0n) is 11.4. The number of halogens is 1. The number of esters is 1. The molecule has 0 bridgehead atoms. The van der Waals surface area contributed by atoms with Crippen molar-refractivity contribution in [1.82, 2.24) is 9.97 Å². The lowest BCUT2D eigenvalue weighted by molar-refractivity contribution is -0.141. The van der Waals surface area contributed by atoms with Crippen molar-refractivity contribution in [3.05, 3.63) is 16.7 Å². The molecular formula is C13H14ClN3O3S. The van der Waals surface area contributed by atoms with Gasteiger partial charge in [0.2, 0.25) is 5.28 Å². The number of morpholine rings is 1. The molecular weight excluding hydrogens is 314 g/mol. The molecule has 3 rings (SSSR count). The molecule has 0 spiro atoms. The molecule has 112 valence electrons. The fraction of sp³-hybridized carbons (Fsp3) is 0.462. The van der Waals surface area contributed by atoms with Gasteiger partial charge in [-0.25, -0.2) is 4.98 Å². The van der Waals surface area contributed by atoms with Crippen LogP contribution in [0.1, 0.15) is 6.42 Å². The molecule has 1 aliphatic heterocycles. The van der Waals surface area contributed by atoms with Crippen LogP contribution in [0.25, 0.3) is 10.2 Å². The highest BCUT2D eigenvalue weighted by Crippen LogP contribution is 2.32. The molecule has 1 unspecified atom stereocenters. The van der Waals surface area contributed by atoms with Crippen LogP contribution in [-0.2, 0) is 14.3 Å². The maximum absolute atomic E-state index is 11.6. The van der Waals surface area contributed by atoms with Crippen LogP contribution in [0.4, 0.5) is 5.82 Å². The average Bonchev–Trinajstić information content (AvgIpc) is 2.95. The van der Waals surface area contributed by atoms with E-state index in [4.69, 9.17) is 21.1 Å². The number of hydrogen-bond donors (Lipinski definition) is 0. The second-order valence-electron chi connectivity index (χ2n) is 4.65. The van der Waals surface area contributed by atoms with Crippen LogP contribution in [0.5, 0.6) is 0 Å². The third kappa shape index (κ3) is 2.95. The molecule has 2 aromatic heterocycles. The van der Waals surface area contributed by atoms with Gasteiger partial charge in [-0.05, 0) is 23.0 Å². The third-order valence-electron chi connectivity index (χ3n) is 3.39. The number of rotatable bonds is 3. The van der Waals surface area contributed by atoms with Gasteiger partial charge in [0.05, 0.1) is 43.0 Å². The Balaban J connectivity index is 1.97. The molecule has 0 aliphatic carbocycles. The van der Waals surface area contributed by atoms with E-state index in [9.17, 15) is 4.79 Å². The quantitative estimate of drug-likeness (QED) is 0.635. The summed E-state index contributed by atoms with van der Waals surface area (Å²) in [5, 5.41) is 2.16. The molecule has 1 aliphatic rings. The minimum absolute atomic E-state index is 0.109. The summed E-state index contributed by atoms with van der Waals surface area (Å²) in [6.45, 7) is 1.71. The first-order valence-corrected chi connectivity index (χ1v) is 7.76. The van der Waals surface area contributed by atoms with E-state index in [2.05, 4.69) is 14.9 Å². The van der Waals surface area contributed by atoms with Crippen LogP contribution in [0.15, 0.2) is 11.4 Å². The van der Waals surface area contributed by atoms with E-state index in [1.54, 1.807) is 11.3 Å². The lowest BCUT2D eigenvalue weighted by Gasteiger charge is -2.36. The van der Waals surface area contributed by atoms with Crippen LogP contribution in [0.3, 0.4) is 0 Å². The van der Waals surface area contributed by atoms with Gasteiger partial charge >= 0.3 is 5.97 Å². The van der Waals surface area contributed by atoms with Crippen molar-refractivity contribution in [1.29, 1.82) is 0 Å². The standard InChI is InChI=1S/C13H14ClN3O3S/c1-19-10(18)6-8-7-20-4-3-17(8)12-11-9(2-5-21-11)15-13(14)16-12/h2,5,8H,3-4,6-7H2,1H3. The Kier molecular flexibility index (Phi) is 4.23. The molecule has 21 heavy (non-hydrogen) atoms. The highest BCUT2D eigenvalue weighted by molar-refractivity contribution is 7.17. The molecule has 8 heteroatoms. The van der Waals surface area contributed by atoms with Crippen LogP contribution < -0.4 is 4.90 Å². The Morgan fingerprint density at radius 1 is 1.62 bits per heavy atom. The van der Waals surface area contributed by atoms with Gasteiger partial charge in [-0.3, -0.25) is 4.79 Å². The predicted molar refractivity (Wildman–Crippen MR) is 81.0 cm³/mol. The topological polar surface area (TPSA) is 64.6 Å². The summed E-state index contributed by atoms with van der Waals surface area (Å²) < 4.78 is 11.2. The number of thiophene rings is 1. The number of nitrogens with zero attached hydrogens (tertiary/aromatic N) is 3. The van der Waals surface area contributed by atoms with Crippen LogP contribution in [0, 0.1) is 0 Å². The van der Waals surface area contributed by atoms with E-state index in [-0.39, 0.29) is 23.7 Å². The summed E-state index contributed by atoms with van der Waals surface area (Å²) in [6.07, 6.45) is 0.255. The number of hydrogen-bond acceptors (Lipinski definition) is 7. The number of methoxy groups -OCH3 is 1. The summed E-state index contributed by atoms with van der Waals surface area (Å²) in [5.41, 5.74) is 0.818. The number of carbonyl (C=O) groups is 1. The summed E-state index contributed by atoms with van der Waals surface area (Å²) in [6, 6.07) is 1.80. The van der Waals surface area contributed by atoms with E-state index < -0.39 is 0 Å². The zero-order valence-corrected chi connectivity index (χ0v) is 13.0. The minimum Gasteiger partial charge on any atom is -0.469 e. The van der Waals surface area contributed by atoms with Crippen molar-refractivity contribution in [2.45, 2.75) is 12.5 Å². The molecule has 3 heterocycles. The highest BCUT2D eigenvalue weighted by atomic mass is 35.5. The normalized spacial score (nSPS) is 19.0. The summed E-state index contributed by atoms with van der Waals surface area (Å²) in [5.74, 6) is 0.496. The zero-order chi connectivity index (χ0) is 14.8. The molecule has 2 aromatic rings. The number of aromatic nitrogens is 2. The Labute approximate surface area is 130 Å². The van der Waals surface area contributed by atoms with Gasteiger partial charge in [-0.2, -0.15) is 4.98 Å². The largest absolute Gasteiger partial charge is 0.469 e. The van der Waals surface area contributed by atoms with Gasteiger partial charge in [-0.1, -0.05) is 0 Å². The first-order chi connectivity index (χ1) is 10.2. The molecule has 6 nitrogen and oxygen atoms in total. The average molecular weight is 328 g/mol. The molecule has 1 fully saturated rings. The first-order valence-electron chi connectivity index (χ1n) is 6.51. The molecule has 0 radical (unpaired) electrons. The summed E-state index contributed by atoms with van der Waals surface area (Å²) in [7, 11) is 1.38. The van der Waals surface area contributed by atoms with Gasteiger partial charge in [0, 0.05) is 6.54 Å². The van der Waals surface area contributed by atoms with Gasteiger partial charge in [-0.15, -0.1) is 11.3 Å². The van der Waals surface area contributed by atoms with Gasteiger partial charge in [0.1, 0.15) is 0 Å². The maximum Gasteiger partial charge on any atom is 0.307 e. The Hall–Kier alpha value is -1.44. The SMILES string of the molecule is COC(=O)CC1COCCN1c1nc(Cl)nc2ccsc12. The maximum atomic E-state index is 11.6. The van der Waals surface area contributed by atoms with Gasteiger partial charge in [0.15, 0.2) is 5.82 Å². The monoisotopic (exact) mass is 327 g/mol. The van der Waals surface area contributed by atoms with Crippen LogP contribution in [0.2, 0.25) is 5.28 Å². The fourth-order valence-electron chi connectivity index (χ4n) is 2.39. The second-order valence-corrected chi connectivity index (χ2v) is 5.91. The van der Waals surface area contributed by atoms with Crippen molar-refractivity contribution >= 4 is 44.9 Å². The fourth-order valence-corrected chi connectivity index (χ4v) is 3.40. The Morgan fingerprint density at radius 3 is 3.29 bits per heavy atom. The number of ether oxygens (including phenoxy) is 2. The predicted octanol–water partition coefficient (Wildman–Crippen LogP) is 2.11. The lowest BCUT2D eigenvalue weighted by atomic mass is 10.1. The van der Waals surface area contributed by atoms with Crippen molar-refractivity contribution < 1.29 is 14.3 Å². The van der Waals surface area contributed by atoms with Crippen molar-refractivity contribution in [3.8, 4) is 0 Å². The van der Waals surface area contributed by atoms with Crippen LogP contribution in [-0.4, -0.2) is 48.8 Å². The van der Waals surface area contributed by atoms with Crippen molar-refractivity contribution in [3.63, 3.8) is 0 Å². The lowest BCUT2D eigenvalue weighted by Crippen LogP contribution is -2.47.